The first-order valence-corrected chi connectivity index (χ1v) is 4.28. The molecule has 0 spiro atoms. The molecule has 0 amide bonds. The Hall–Kier alpha value is -0.830. The number of ether oxygens (including phenoxy) is 1. The number of carbonyl (C=O) groups is 1. The molecule has 0 fully saturated rings. The van der Waals surface area contributed by atoms with Crippen LogP contribution < -0.4 is 5.32 Å². The fraction of sp³-hybridized carbons (Fsp3) is 0.667. The van der Waals surface area contributed by atoms with Gasteiger partial charge in [0.05, 0.1) is 7.11 Å². The molecule has 68 valence electrons. The predicted molar refractivity (Wildman–Crippen MR) is 46.8 cm³/mol. The quantitative estimate of drug-likeness (QED) is 0.503. The van der Waals surface area contributed by atoms with Crippen LogP contribution in [0.3, 0.4) is 0 Å². The van der Waals surface area contributed by atoms with E-state index in [0.29, 0.717) is 6.42 Å². The van der Waals surface area contributed by atoms with Crippen molar-refractivity contribution in [3.05, 3.63) is 11.6 Å². The van der Waals surface area contributed by atoms with Gasteiger partial charge in [0.1, 0.15) is 0 Å². The first-order chi connectivity index (χ1) is 5.83. The van der Waals surface area contributed by atoms with Crippen LogP contribution >= 0.6 is 0 Å². The summed E-state index contributed by atoms with van der Waals surface area (Å²) in [5, 5.41) is 3.26. The summed E-state index contributed by atoms with van der Waals surface area (Å²) < 4.78 is 4.55. The van der Waals surface area contributed by atoms with Gasteiger partial charge in [-0.1, -0.05) is 11.6 Å². The van der Waals surface area contributed by atoms with E-state index in [-0.39, 0.29) is 5.97 Å². The fourth-order valence-electron chi connectivity index (χ4n) is 1.25. The summed E-state index contributed by atoms with van der Waals surface area (Å²) in [6.07, 6.45) is 4.62. The van der Waals surface area contributed by atoms with Gasteiger partial charge in [-0.15, -0.1) is 0 Å². The van der Waals surface area contributed by atoms with Crippen LogP contribution in [0.2, 0.25) is 0 Å². The molecule has 0 unspecified atom stereocenters. The van der Waals surface area contributed by atoms with Crippen LogP contribution in [0.25, 0.3) is 0 Å². The molecule has 0 aliphatic carbocycles. The van der Waals surface area contributed by atoms with E-state index in [0.717, 1.165) is 25.9 Å². The summed E-state index contributed by atoms with van der Waals surface area (Å²) in [6.45, 7) is 1.98. The van der Waals surface area contributed by atoms with Gasteiger partial charge in [0.25, 0.3) is 0 Å². The normalized spacial score (nSPS) is 16.9. The molecule has 12 heavy (non-hydrogen) atoms. The van der Waals surface area contributed by atoms with Crippen molar-refractivity contribution in [3.63, 3.8) is 0 Å². The van der Waals surface area contributed by atoms with Gasteiger partial charge >= 0.3 is 5.97 Å². The highest BCUT2D eigenvalue weighted by molar-refractivity contribution is 5.69. The lowest BCUT2D eigenvalue weighted by molar-refractivity contribution is -0.140. The van der Waals surface area contributed by atoms with E-state index in [1.165, 1.54) is 12.7 Å². The summed E-state index contributed by atoms with van der Waals surface area (Å²) in [6, 6.07) is 0. The molecular formula is C9H15NO2. The van der Waals surface area contributed by atoms with Crippen LogP contribution in [0.5, 0.6) is 0 Å². The molecule has 0 radical (unpaired) electrons. The third-order valence-electron chi connectivity index (χ3n) is 1.98. The van der Waals surface area contributed by atoms with E-state index < -0.39 is 0 Å². The maximum atomic E-state index is 10.8. The molecule has 1 heterocycles. The first kappa shape index (κ1) is 9.26. The van der Waals surface area contributed by atoms with Crippen molar-refractivity contribution in [1.82, 2.24) is 5.32 Å². The maximum Gasteiger partial charge on any atom is 0.305 e. The summed E-state index contributed by atoms with van der Waals surface area (Å²) in [5.74, 6) is -0.124. The number of carbonyl (C=O) groups excluding carboxylic acids is 1. The number of methoxy groups -OCH3 is 1. The van der Waals surface area contributed by atoms with Crippen LogP contribution in [0.4, 0.5) is 0 Å². The topological polar surface area (TPSA) is 38.3 Å². The monoisotopic (exact) mass is 169 g/mol. The molecule has 3 heteroatoms. The predicted octanol–water partition coefficient (Wildman–Crippen LogP) is 0.859. The Kier molecular flexibility index (Phi) is 3.80. The second-order valence-corrected chi connectivity index (χ2v) is 2.90. The third-order valence-corrected chi connectivity index (χ3v) is 1.98. The van der Waals surface area contributed by atoms with Gasteiger partial charge in [-0.25, -0.2) is 0 Å². The van der Waals surface area contributed by atoms with Crippen LogP contribution in [0.15, 0.2) is 11.6 Å². The Labute approximate surface area is 72.8 Å². The Bertz CT molecular complexity index is 187. The van der Waals surface area contributed by atoms with Gasteiger partial charge in [0.15, 0.2) is 0 Å². The van der Waals surface area contributed by atoms with Gasteiger partial charge in [0, 0.05) is 13.0 Å². The molecule has 0 aromatic carbocycles. The van der Waals surface area contributed by atoms with Crippen LogP contribution in [0.1, 0.15) is 19.3 Å². The standard InChI is InChI=1S/C9H15NO2/c1-12-9(11)5-4-8-3-2-6-10-7-8/h3,10H,2,4-7H2,1H3. The highest BCUT2D eigenvalue weighted by atomic mass is 16.5. The van der Waals surface area contributed by atoms with Crippen molar-refractivity contribution in [2.24, 2.45) is 0 Å². The molecule has 0 aromatic rings. The fourth-order valence-corrected chi connectivity index (χ4v) is 1.25. The van der Waals surface area contributed by atoms with Gasteiger partial charge < -0.3 is 10.1 Å². The van der Waals surface area contributed by atoms with E-state index in [1.807, 2.05) is 0 Å². The van der Waals surface area contributed by atoms with Crippen molar-refractivity contribution in [2.45, 2.75) is 19.3 Å². The lowest BCUT2D eigenvalue weighted by atomic mass is 10.1. The first-order valence-electron chi connectivity index (χ1n) is 4.28. The van der Waals surface area contributed by atoms with Crippen LogP contribution in [0, 0.1) is 0 Å². The number of hydrogen-bond donors (Lipinski definition) is 1. The van der Waals surface area contributed by atoms with Crippen molar-refractivity contribution in [3.8, 4) is 0 Å². The van der Waals surface area contributed by atoms with E-state index >= 15 is 0 Å². The minimum Gasteiger partial charge on any atom is -0.469 e. The zero-order chi connectivity index (χ0) is 8.81. The zero-order valence-electron chi connectivity index (χ0n) is 7.43. The van der Waals surface area contributed by atoms with E-state index in [1.54, 1.807) is 0 Å². The van der Waals surface area contributed by atoms with E-state index in [9.17, 15) is 4.79 Å². The molecular weight excluding hydrogens is 154 g/mol. The largest absolute Gasteiger partial charge is 0.469 e. The molecule has 1 N–H and O–H groups in total. The highest BCUT2D eigenvalue weighted by Crippen LogP contribution is 2.08. The molecule has 1 aliphatic heterocycles. The van der Waals surface area contributed by atoms with Gasteiger partial charge in [-0.2, -0.15) is 0 Å². The van der Waals surface area contributed by atoms with E-state index in [4.69, 9.17) is 0 Å². The van der Waals surface area contributed by atoms with E-state index in [2.05, 4.69) is 16.1 Å². The van der Waals surface area contributed by atoms with Crippen molar-refractivity contribution in [2.75, 3.05) is 20.2 Å². The molecule has 0 saturated heterocycles. The lowest BCUT2D eigenvalue weighted by Gasteiger charge is -2.13. The smallest absolute Gasteiger partial charge is 0.305 e. The van der Waals surface area contributed by atoms with Gasteiger partial charge in [-0.05, 0) is 19.4 Å². The average Bonchev–Trinajstić information content (AvgIpc) is 2.16. The number of esters is 1. The Morgan fingerprint density at radius 3 is 3.17 bits per heavy atom. The molecule has 0 saturated carbocycles. The maximum absolute atomic E-state index is 10.8. The van der Waals surface area contributed by atoms with Gasteiger partial charge in [-0.3, -0.25) is 4.79 Å². The molecule has 1 aliphatic rings. The summed E-state index contributed by atoms with van der Waals surface area (Å²) in [7, 11) is 1.43. The Morgan fingerprint density at radius 1 is 1.75 bits per heavy atom. The van der Waals surface area contributed by atoms with Crippen LogP contribution in [-0.4, -0.2) is 26.2 Å². The van der Waals surface area contributed by atoms with Crippen molar-refractivity contribution >= 4 is 5.97 Å². The minimum atomic E-state index is -0.124. The van der Waals surface area contributed by atoms with Crippen molar-refractivity contribution in [1.29, 1.82) is 0 Å². The Balaban J connectivity index is 2.21. The summed E-state index contributed by atoms with van der Waals surface area (Å²) in [5.41, 5.74) is 1.33. The molecule has 3 nitrogen and oxygen atoms in total. The lowest BCUT2D eigenvalue weighted by Crippen LogP contribution is -2.22. The minimum absolute atomic E-state index is 0.124. The summed E-state index contributed by atoms with van der Waals surface area (Å²) in [4.78, 5) is 10.8. The second kappa shape index (κ2) is 4.93. The third kappa shape index (κ3) is 3.05. The molecule has 0 atom stereocenters. The zero-order valence-corrected chi connectivity index (χ0v) is 7.43. The van der Waals surface area contributed by atoms with Crippen molar-refractivity contribution < 1.29 is 9.53 Å². The number of rotatable bonds is 3. The molecule has 0 aromatic heterocycles. The average molecular weight is 169 g/mol. The second-order valence-electron chi connectivity index (χ2n) is 2.90. The Morgan fingerprint density at radius 2 is 2.58 bits per heavy atom. The van der Waals surface area contributed by atoms with Crippen LogP contribution in [-0.2, 0) is 9.53 Å². The summed E-state index contributed by atoms with van der Waals surface area (Å²) >= 11 is 0. The molecule has 0 bridgehead atoms. The number of nitrogens with one attached hydrogen (secondary N) is 1. The molecule has 1 rings (SSSR count). The highest BCUT2D eigenvalue weighted by Gasteiger charge is 2.05. The van der Waals surface area contributed by atoms with Gasteiger partial charge in [0.2, 0.25) is 0 Å². The number of hydrogen-bond acceptors (Lipinski definition) is 3. The SMILES string of the molecule is COC(=O)CCC1=CCCNC1.